The summed E-state index contributed by atoms with van der Waals surface area (Å²) >= 11 is 11.4. The molecular formula is C20H18Cl4N6O4. The van der Waals surface area contributed by atoms with Gasteiger partial charge in [-0.3, -0.25) is 9.97 Å². The summed E-state index contributed by atoms with van der Waals surface area (Å²) in [5.74, 6) is -1.55. The number of ether oxygens (including phenoxy) is 1. The monoisotopic (exact) mass is 546 g/mol. The lowest BCUT2D eigenvalue weighted by atomic mass is 10.4. The normalized spacial score (nSPS) is 9.62. The number of nitrogens with zero attached hydrogens (tertiary/aromatic N) is 6. The van der Waals surface area contributed by atoms with Gasteiger partial charge < -0.3 is 9.84 Å². The summed E-state index contributed by atoms with van der Waals surface area (Å²) in [4.78, 5) is 30.4. The van der Waals surface area contributed by atoms with Crippen LogP contribution >= 0.6 is 48.0 Å². The number of carboxylic acids is 1. The molecule has 0 radical (unpaired) electrons. The number of aromatic nitrogens is 6. The van der Waals surface area contributed by atoms with E-state index in [1.54, 1.807) is 49.8 Å². The van der Waals surface area contributed by atoms with Gasteiger partial charge in [-0.25, -0.2) is 19.0 Å². The number of pyridine rings is 2. The molecule has 0 aliphatic rings. The lowest BCUT2D eigenvalue weighted by Crippen LogP contribution is -2.11. The minimum atomic E-state index is -1.08. The average molecular weight is 548 g/mol. The third-order valence-corrected chi connectivity index (χ3v) is 4.21. The van der Waals surface area contributed by atoms with E-state index in [0.29, 0.717) is 18.0 Å². The van der Waals surface area contributed by atoms with Gasteiger partial charge in [0.25, 0.3) is 0 Å². The second-order valence-electron chi connectivity index (χ2n) is 5.98. The van der Waals surface area contributed by atoms with Crippen molar-refractivity contribution in [3.63, 3.8) is 0 Å². The number of hydrogen-bond acceptors (Lipinski definition) is 7. The van der Waals surface area contributed by atoms with Crippen molar-refractivity contribution in [2.45, 2.75) is 6.92 Å². The maximum absolute atomic E-state index is 11.7. The number of aromatic carboxylic acids is 1. The highest BCUT2D eigenvalue weighted by Gasteiger charge is 2.17. The number of esters is 1. The Bertz CT molecular complexity index is 1220. The van der Waals surface area contributed by atoms with E-state index >= 15 is 0 Å². The van der Waals surface area contributed by atoms with E-state index in [2.05, 4.69) is 20.2 Å². The maximum atomic E-state index is 11.7. The first-order chi connectivity index (χ1) is 15.4. The van der Waals surface area contributed by atoms with Crippen molar-refractivity contribution in [3.8, 4) is 11.4 Å². The first-order valence-electron chi connectivity index (χ1n) is 9.13. The van der Waals surface area contributed by atoms with Crippen molar-refractivity contribution in [3.05, 3.63) is 82.9 Å². The van der Waals surface area contributed by atoms with Crippen molar-refractivity contribution in [1.29, 1.82) is 0 Å². The molecule has 34 heavy (non-hydrogen) atoms. The molecule has 4 aromatic rings. The van der Waals surface area contributed by atoms with Crippen LogP contribution < -0.4 is 0 Å². The van der Waals surface area contributed by atoms with Crippen LogP contribution in [0, 0.1) is 0 Å². The van der Waals surface area contributed by atoms with Gasteiger partial charge in [0.15, 0.2) is 21.7 Å². The molecule has 10 nitrogen and oxygen atoms in total. The van der Waals surface area contributed by atoms with Crippen LogP contribution in [0.3, 0.4) is 0 Å². The molecule has 4 aromatic heterocycles. The zero-order valence-electron chi connectivity index (χ0n) is 17.4. The lowest BCUT2D eigenvalue weighted by molar-refractivity contribution is 0.0515. The zero-order chi connectivity index (χ0) is 23.1. The van der Waals surface area contributed by atoms with Gasteiger partial charge in [-0.05, 0) is 31.2 Å². The van der Waals surface area contributed by atoms with Crippen molar-refractivity contribution in [1.82, 2.24) is 29.5 Å². The highest BCUT2D eigenvalue weighted by Crippen LogP contribution is 2.16. The van der Waals surface area contributed by atoms with Crippen LogP contribution in [0.2, 0.25) is 10.3 Å². The predicted molar refractivity (Wildman–Crippen MR) is 130 cm³/mol. The molecule has 0 fully saturated rings. The number of halogens is 4. The van der Waals surface area contributed by atoms with Crippen molar-refractivity contribution in [2.24, 2.45) is 0 Å². The van der Waals surface area contributed by atoms with Gasteiger partial charge in [-0.1, -0.05) is 23.2 Å². The highest BCUT2D eigenvalue weighted by molar-refractivity contribution is 6.30. The summed E-state index contributed by atoms with van der Waals surface area (Å²) < 4.78 is 7.57. The number of rotatable bonds is 5. The van der Waals surface area contributed by atoms with Crippen LogP contribution in [0.25, 0.3) is 11.4 Å². The Hall–Kier alpha value is -3.18. The number of carbonyl (C=O) groups is 2. The Morgan fingerprint density at radius 3 is 1.79 bits per heavy atom. The van der Waals surface area contributed by atoms with E-state index in [-0.39, 0.29) is 46.5 Å². The van der Waals surface area contributed by atoms with Crippen LogP contribution in [0.15, 0.2) is 61.2 Å². The van der Waals surface area contributed by atoms with E-state index in [9.17, 15) is 9.59 Å². The Balaban J connectivity index is 0.000000323. The Kier molecular flexibility index (Phi) is 11.5. The van der Waals surface area contributed by atoms with Crippen molar-refractivity contribution < 1.29 is 19.4 Å². The van der Waals surface area contributed by atoms with Gasteiger partial charge in [-0.2, -0.15) is 10.2 Å². The van der Waals surface area contributed by atoms with Crippen molar-refractivity contribution in [2.75, 3.05) is 6.61 Å². The summed E-state index contributed by atoms with van der Waals surface area (Å²) in [6.07, 6.45) is 6.33. The molecule has 0 bridgehead atoms. The van der Waals surface area contributed by atoms with Crippen LogP contribution in [0.1, 0.15) is 27.9 Å². The van der Waals surface area contributed by atoms with E-state index in [1.165, 1.54) is 27.7 Å². The molecule has 0 saturated heterocycles. The van der Waals surface area contributed by atoms with Gasteiger partial charge in [0.1, 0.15) is 0 Å². The van der Waals surface area contributed by atoms with Crippen LogP contribution in [-0.4, -0.2) is 53.2 Å². The summed E-state index contributed by atoms with van der Waals surface area (Å²) in [7, 11) is 0. The fourth-order valence-corrected chi connectivity index (χ4v) is 2.92. The molecule has 0 amide bonds. The number of carboxylic acid groups (broad SMARTS) is 1. The summed E-state index contributed by atoms with van der Waals surface area (Å²) in [6.45, 7) is 2.04. The molecule has 0 saturated carbocycles. The molecule has 0 aliphatic heterocycles. The second kappa shape index (κ2) is 13.5. The summed E-state index contributed by atoms with van der Waals surface area (Å²) in [5, 5.41) is 17.2. The largest absolute Gasteiger partial charge is 0.477 e. The zero-order valence-corrected chi connectivity index (χ0v) is 20.6. The Morgan fingerprint density at radius 1 is 0.912 bits per heavy atom. The van der Waals surface area contributed by atoms with E-state index in [1.807, 2.05) is 0 Å². The molecule has 1 N–H and O–H groups in total. The third-order valence-electron chi connectivity index (χ3n) is 3.84. The van der Waals surface area contributed by atoms with E-state index in [0.717, 1.165) is 0 Å². The first kappa shape index (κ1) is 28.9. The minimum Gasteiger partial charge on any atom is -0.477 e. The SMILES string of the molecule is CCOC(=O)c1cc(Cl)nn1-c1cccnc1.Cl.Cl.O=C(O)c1cc(Cl)nn1-c1cccnc1. The van der Waals surface area contributed by atoms with E-state index in [4.69, 9.17) is 33.0 Å². The molecule has 4 heterocycles. The second-order valence-corrected chi connectivity index (χ2v) is 6.75. The van der Waals surface area contributed by atoms with Gasteiger partial charge in [-0.15, -0.1) is 24.8 Å². The van der Waals surface area contributed by atoms with Gasteiger partial charge in [0.05, 0.1) is 30.4 Å². The Morgan fingerprint density at radius 2 is 1.38 bits per heavy atom. The molecular weight excluding hydrogens is 530 g/mol. The lowest BCUT2D eigenvalue weighted by Gasteiger charge is -2.05. The smallest absolute Gasteiger partial charge is 0.357 e. The van der Waals surface area contributed by atoms with Crippen LogP contribution in [0.4, 0.5) is 0 Å². The fourth-order valence-electron chi connectivity index (χ4n) is 2.56. The fraction of sp³-hybridized carbons (Fsp3) is 0.100. The van der Waals surface area contributed by atoms with Gasteiger partial charge in [0, 0.05) is 24.5 Å². The molecule has 0 spiro atoms. The van der Waals surface area contributed by atoms with Gasteiger partial charge in [0.2, 0.25) is 0 Å². The molecule has 0 unspecified atom stereocenters. The quantitative estimate of drug-likeness (QED) is 0.360. The van der Waals surface area contributed by atoms with Crippen molar-refractivity contribution >= 4 is 60.0 Å². The first-order valence-corrected chi connectivity index (χ1v) is 9.88. The van der Waals surface area contributed by atoms with E-state index < -0.39 is 11.9 Å². The molecule has 0 atom stereocenters. The minimum absolute atomic E-state index is 0. The Labute approximate surface area is 216 Å². The molecule has 0 aliphatic carbocycles. The average Bonchev–Trinajstić information content (AvgIpc) is 3.39. The third kappa shape index (κ3) is 7.16. The number of hydrogen-bond donors (Lipinski definition) is 1. The molecule has 4 rings (SSSR count). The topological polar surface area (TPSA) is 125 Å². The standard InChI is InChI=1S/C11H10ClN3O2.C9H6ClN3O2.2ClH/c1-2-17-11(16)9-6-10(12)14-15(9)8-4-3-5-13-7-8;10-8-4-7(9(14)15)13(12-8)6-2-1-3-11-5-6;;/h3-7H,2H2,1H3;1-5H,(H,14,15);2*1H. The molecule has 0 aromatic carbocycles. The van der Waals surface area contributed by atoms with Crippen LogP contribution in [0.5, 0.6) is 0 Å². The summed E-state index contributed by atoms with van der Waals surface area (Å²) in [6, 6.07) is 9.67. The van der Waals surface area contributed by atoms with Crippen LogP contribution in [-0.2, 0) is 4.74 Å². The van der Waals surface area contributed by atoms with Gasteiger partial charge >= 0.3 is 11.9 Å². The predicted octanol–water partition coefficient (Wildman–Crippen LogP) is 4.56. The summed E-state index contributed by atoms with van der Waals surface area (Å²) in [5.41, 5.74) is 1.50. The maximum Gasteiger partial charge on any atom is 0.357 e. The molecule has 180 valence electrons. The molecule has 14 heteroatoms. The number of carbonyl (C=O) groups excluding carboxylic acids is 1. The highest BCUT2D eigenvalue weighted by atomic mass is 35.5.